The maximum atomic E-state index is 11.4. The van der Waals surface area contributed by atoms with Gasteiger partial charge in [-0.05, 0) is 49.7 Å². The van der Waals surface area contributed by atoms with E-state index in [1.807, 2.05) is 36.5 Å². The lowest BCUT2D eigenvalue weighted by molar-refractivity contribution is 0.100. The first kappa shape index (κ1) is 16.1. The summed E-state index contributed by atoms with van der Waals surface area (Å²) in [5, 5.41) is 3.62. The Hall–Kier alpha value is -2.40. The molecular formula is C20H24N4O. The number of hydrogen-bond donors (Lipinski definition) is 2. The Morgan fingerprint density at radius 2 is 1.92 bits per heavy atom. The molecule has 25 heavy (non-hydrogen) atoms. The van der Waals surface area contributed by atoms with Gasteiger partial charge in [0.05, 0.1) is 6.04 Å². The standard InChI is InChI=1S/C20H24N4O/c21-19(25)15-8-6-14(7-9-15)18-16-5-4-10-22-20(16)23-17(18)13-24-11-2-1-3-12-24/h4-10,17-18H,1-3,11-13H2,(H2,21,25)(H,22,23). The molecule has 0 radical (unpaired) electrons. The molecule has 4 rings (SSSR count). The van der Waals surface area contributed by atoms with E-state index in [2.05, 4.69) is 21.3 Å². The molecule has 1 saturated heterocycles. The minimum Gasteiger partial charge on any atom is -0.366 e. The van der Waals surface area contributed by atoms with E-state index in [0.717, 1.165) is 12.4 Å². The van der Waals surface area contributed by atoms with Gasteiger partial charge in [-0.25, -0.2) is 4.98 Å². The largest absolute Gasteiger partial charge is 0.366 e. The molecule has 2 atom stereocenters. The Morgan fingerprint density at radius 3 is 2.64 bits per heavy atom. The number of carbonyl (C=O) groups is 1. The van der Waals surface area contributed by atoms with Crippen LogP contribution in [0.1, 0.15) is 46.7 Å². The molecule has 0 spiro atoms. The van der Waals surface area contributed by atoms with Gasteiger partial charge in [0.15, 0.2) is 0 Å². The maximum Gasteiger partial charge on any atom is 0.248 e. The third-order valence-corrected chi connectivity index (χ3v) is 5.36. The predicted octanol–water partition coefficient (Wildman–Crippen LogP) is 2.59. The van der Waals surface area contributed by atoms with Gasteiger partial charge in [-0.1, -0.05) is 24.6 Å². The summed E-state index contributed by atoms with van der Waals surface area (Å²) in [6, 6.07) is 12.1. The quantitative estimate of drug-likeness (QED) is 0.900. The van der Waals surface area contributed by atoms with Crippen molar-refractivity contribution in [2.24, 2.45) is 5.73 Å². The van der Waals surface area contributed by atoms with Crippen LogP contribution in [0.4, 0.5) is 5.82 Å². The van der Waals surface area contributed by atoms with Crippen molar-refractivity contribution in [1.82, 2.24) is 9.88 Å². The van der Waals surface area contributed by atoms with Gasteiger partial charge in [-0.2, -0.15) is 0 Å². The van der Waals surface area contributed by atoms with Crippen LogP contribution in [0.15, 0.2) is 42.6 Å². The molecule has 3 heterocycles. The van der Waals surface area contributed by atoms with Crippen LogP contribution in [0.25, 0.3) is 0 Å². The second-order valence-electron chi connectivity index (χ2n) is 7.02. The highest BCUT2D eigenvalue weighted by molar-refractivity contribution is 5.92. The molecule has 0 bridgehead atoms. The number of piperidine rings is 1. The van der Waals surface area contributed by atoms with Crippen molar-refractivity contribution >= 4 is 11.7 Å². The monoisotopic (exact) mass is 336 g/mol. The lowest BCUT2D eigenvalue weighted by Crippen LogP contribution is -2.40. The van der Waals surface area contributed by atoms with E-state index < -0.39 is 0 Å². The number of rotatable bonds is 4. The Kier molecular flexibility index (Phi) is 4.40. The molecular weight excluding hydrogens is 312 g/mol. The van der Waals surface area contributed by atoms with Crippen molar-refractivity contribution in [1.29, 1.82) is 0 Å². The van der Waals surface area contributed by atoms with Gasteiger partial charge in [-0.3, -0.25) is 4.79 Å². The van der Waals surface area contributed by atoms with Crippen LogP contribution in [-0.2, 0) is 0 Å². The van der Waals surface area contributed by atoms with Gasteiger partial charge in [-0.15, -0.1) is 0 Å². The number of benzene rings is 1. The molecule has 130 valence electrons. The van der Waals surface area contributed by atoms with Gasteiger partial charge in [0.2, 0.25) is 5.91 Å². The highest BCUT2D eigenvalue weighted by atomic mass is 16.1. The normalized spacial score (nSPS) is 23.0. The second-order valence-corrected chi connectivity index (χ2v) is 7.02. The third-order valence-electron chi connectivity index (χ3n) is 5.36. The first-order valence-electron chi connectivity index (χ1n) is 9.06. The highest BCUT2D eigenvalue weighted by Crippen LogP contribution is 2.39. The summed E-state index contributed by atoms with van der Waals surface area (Å²) < 4.78 is 0. The Morgan fingerprint density at radius 1 is 1.16 bits per heavy atom. The molecule has 2 aromatic rings. The van der Waals surface area contributed by atoms with E-state index in [1.165, 1.54) is 43.5 Å². The van der Waals surface area contributed by atoms with Crippen LogP contribution >= 0.6 is 0 Å². The fourth-order valence-electron chi connectivity index (χ4n) is 4.10. The topological polar surface area (TPSA) is 71.2 Å². The van der Waals surface area contributed by atoms with Crippen LogP contribution in [0.2, 0.25) is 0 Å². The van der Waals surface area contributed by atoms with Crippen molar-refractivity contribution in [3.05, 3.63) is 59.3 Å². The number of nitrogens with one attached hydrogen (secondary N) is 1. The minimum atomic E-state index is -0.386. The van der Waals surface area contributed by atoms with Gasteiger partial charge in [0.25, 0.3) is 0 Å². The van der Waals surface area contributed by atoms with Crippen molar-refractivity contribution in [3.8, 4) is 0 Å². The van der Waals surface area contributed by atoms with Crippen molar-refractivity contribution in [3.63, 3.8) is 0 Å². The number of aromatic nitrogens is 1. The summed E-state index contributed by atoms with van der Waals surface area (Å²) >= 11 is 0. The van der Waals surface area contributed by atoms with E-state index in [1.54, 1.807) is 0 Å². The van der Waals surface area contributed by atoms with Crippen LogP contribution in [0.5, 0.6) is 0 Å². The second kappa shape index (κ2) is 6.84. The average molecular weight is 336 g/mol. The number of primary amides is 1. The number of carbonyl (C=O) groups excluding carboxylic acids is 1. The van der Waals surface area contributed by atoms with E-state index in [0.29, 0.717) is 11.6 Å². The summed E-state index contributed by atoms with van der Waals surface area (Å²) in [6.07, 6.45) is 5.75. The van der Waals surface area contributed by atoms with E-state index in [9.17, 15) is 4.79 Å². The number of hydrogen-bond acceptors (Lipinski definition) is 4. The van der Waals surface area contributed by atoms with E-state index in [4.69, 9.17) is 5.73 Å². The first-order valence-corrected chi connectivity index (χ1v) is 9.06. The Bertz CT molecular complexity index is 753. The lowest BCUT2D eigenvalue weighted by atomic mass is 9.87. The number of pyridine rings is 1. The number of nitrogens with zero attached hydrogens (tertiary/aromatic N) is 2. The molecule has 2 aliphatic heterocycles. The van der Waals surface area contributed by atoms with Crippen LogP contribution in [0, 0.1) is 0 Å². The number of anilines is 1. The summed E-state index contributed by atoms with van der Waals surface area (Å²) in [5.41, 5.74) is 8.36. The van der Waals surface area contributed by atoms with Gasteiger partial charge >= 0.3 is 0 Å². The summed E-state index contributed by atoms with van der Waals surface area (Å²) in [6.45, 7) is 3.36. The van der Waals surface area contributed by atoms with Gasteiger partial charge in [0.1, 0.15) is 5.82 Å². The number of amides is 1. The van der Waals surface area contributed by atoms with Crippen molar-refractivity contribution < 1.29 is 4.79 Å². The molecule has 1 aromatic heterocycles. The zero-order chi connectivity index (χ0) is 17.2. The molecule has 1 fully saturated rings. The molecule has 1 amide bonds. The smallest absolute Gasteiger partial charge is 0.248 e. The average Bonchev–Trinajstić information content (AvgIpc) is 3.00. The molecule has 0 saturated carbocycles. The van der Waals surface area contributed by atoms with E-state index >= 15 is 0 Å². The number of nitrogens with two attached hydrogens (primary N) is 1. The molecule has 2 aliphatic rings. The third kappa shape index (κ3) is 3.24. The highest BCUT2D eigenvalue weighted by Gasteiger charge is 2.35. The van der Waals surface area contributed by atoms with Crippen LogP contribution < -0.4 is 11.1 Å². The maximum absolute atomic E-state index is 11.4. The van der Waals surface area contributed by atoms with Crippen molar-refractivity contribution in [2.45, 2.75) is 31.2 Å². The molecule has 5 nitrogen and oxygen atoms in total. The zero-order valence-corrected chi connectivity index (χ0v) is 14.3. The van der Waals surface area contributed by atoms with Gasteiger partial charge in [0, 0.05) is 29.8 Å². The first-order chi connectivity index (χ1) is 12.2. The zero-order valence-electron chi connectivity index (χ0n) is 14.3. The molecule has 2 unspecified atom stereocenters. The van der Waals surface area contributed by atoms with E-state index in [-0.39, 0.29) is 11.8 Å². The minimum absolute atomic E-state index is 0.243. The molecule has 3 N–H and O–H groups in total. The Labute approximate surface area is 148 Å². The lowest BCUT2D eigenvalue weighted by Gasteiger charge is -2.31. The predicted molar refractivity (Wildman–Crippen MR) is 98.7 cm³/mol. The van der Waals surface area contributed by atoms with Crippen LogP contribution in [-0.4, -0.2) is 41.5 Å². The Balaban J connectivity index is 1.63. The number of likely N-dealkylation sites (tertiary alicyclic amines) is 1. The van der Waals surface area contributed by atoms with Crippen molar-refractivity contribution in [2.75, 3.05) is 25.0 Å². The molecule has 0 aliphatic carbocycles. The number of fused-ring (bicyclic) bond motifs is 1. The molecule has 5 heteroatoms. The molecule has 1 aromatic carbocycles. The summed E-state index contributed by atoms with van der Waals surface area (Å²) in [5.74, 6) is 0.837. The summed E-state index contributed by atoms with van der Waals surface area (Å²) in [7, 11) is 0. The fraction of sp³-hybridized carbons (Fsp3) is 0.400. The summed E-state index contributed by atoms with van der Waals surface area (Å²) in [4.78, 5) is 18.4. The van der Waals surface area contributed by atoms with Crippen LogP contribution in [0.3, 0.4) is 0 Å². The fourth-order valence-corrected chi connectivity index (χ4v) is 4.10. The van der Waals surface area contributed by atoms with Gasteiger partial charge < -0.3 is 16.0 Å². The SMILES string of the molecule is NC(=O)c1ccc(C2c3cccnc3NC2CN2CCCCC2)cc1.